The van der Waals surface area contributed by atoms with Crippen LogP contribution in [0, 0.1) is 0 Å². The van der Waals surface area contributed by atoms with Crippen LogP contribution < -0.4 is 9.64 Å². The number of esters is 1. The van der Waals surface area contributed by atoms with Crippen LogP contribution in [0.15, 0.2) is 78.4 Å². The van der Waals surface area contributed by atoms with Crippen LogP contribution in [-0.2, 0) is 14.3 Å². The number of ether oxygens (including phenoxy) is 2. The molecule has 7 nitrogen and oxygen atoms in total. The van der Waals surface area contributed by atoms with Crippen LogP contribution in [0.5, 0.6) is 5.75 Å². The highest BCUT2D eigenvalue weighted by molar-refractivity contribution is 6.51. The Kier molecular flexibility index (Phi) is 6.89. The van der Waals surface area contributed by atoms with E-state index in [9.17, 15) is 19.5 Å². The fourth-order valence-electron chi connectivity index (χ4n) is 3.94. The smallest absolute Gasteiger partial charge is 0.338 e. The molecule has 0 spiro atoms. The van der Waals surface area contributed by atoms with Crippen molar-refractivity contribution >= 4 is 40.7 Å². The van der Waals surface area contributed by atoms with E-state index in [1.54, 1.807) is 67.6 Å². The number of ketones is 1. The number of halogens is 1. The molecule has 1 aliphatic heterocycles. The molecule has 178 valence electrons. The van der Waals surface area contributed by atoms with Crippen LogP contribution >= 0.6 is 11.6 Å². The highest BCUT2D eigenvalue weighted by atomic mass is 35.5. The summed E-state index contributed by atoms with van der Waals surface area (Å²) >= 11 is 5.97. The normalized spacial score (nSPS) is 16.9. The van der Waals surface area contributed by atoms with Gasteiger partial charge in [-0.15, -0.1) is 0 Å². The van der Waals surface area contributed by atoms with Gasteiger partial charge in [0.25, 0.3) is 11.7 Å². The van der Waals surface area contributed by atoms with Crippen molar-refractivity contribution in [3.05, 3.63) is 100 Å². The van der Waals surface area contributed by atoms with Crippen molar-refractivity contribution in [3.63, 3.8) is 0 Å². The highest BCUT2D eigenvalue weighted by Crippen LogP contribution is 2.42. The second-order valence-electron chi connectivity index (χ2n) is 7.72. The Bertz CT molecular complexity index is 1300. The molecule has 1 aliphatic rings. The van der Waals surface area contributed by atoms with Gasteiger partial charge in [0.2, 0.25) is 0 Å². The molecule has 1 heterocycles. The number of methoxy groups -OCH3 is 1. The van der Waals surface area contributed by atoms with Crippen molar-refractivity contribution in [3.8, 4) is 5.75 Å². The van der Waals surface area contributed by atoms with Crippen molar-refractivity contribution < 1.29 is 29.0 Å². The topological polar surface area (TPSA) is 93.1 Å². The molecule has 0 bridgehead atoms. The van der Waals surface area contributed by atoms with Crippen molar-refractivity contribution in [2.75, 3.05) is 18.6 Å². The lowest BCUT2D eigenvalue weighted by Gasteiger charge is -2.25. The van der Waals surface area contributed by atoms with Crippen LogP contribution in [0.3, 0.4) is 0 Å². The van der Waals surface area contributed by atoms with Crippen LogP contribution in [0.1, 0.15) is 34.5 Å². The van der Waals surface area contributed by atoms with E-state index in [1.807, 2.05) is 0 Å². The zero-order valence-corrected chi connectivity index (χ0v) is 19.8. The second kappa shape index (κ2) is 10.0. The lowest BCUT2D eigenvalue weighted by atomic mass is 9.95. The maximum atomic E-state index is 13.2. The Morgan fingerprint density at radius 2 is 1.54 bits per heavy atom. The maximum Gasteiger partial charge on any atom is 0.338 e. The first-order valence-corrected chi connectivity index (χ1v) is 11.2. The lowest BCUT2D eigenvalue weighted by Crippen LogP contribution is -2.29. The molecule has 3 aromatic rings. The molecular weight excluding hydrogens is 470 g/mol. The number of carbonyl (C=O) groups is 3. The minimum Gasteiger partial charge on any atom is -0.507 e. The molecule has 3 aromatic carbocycles. The maximum absolute atomic E-state index is 13.2. The number of anilines is 1. The molecule has 4 rings (SSSR count). The average molecular weight is 492 g/mol. The predicted molar refractivity (Wildman–Crippen MR) is 132 cm³/mol. The number of hydrogen-bond acceptors (Lipinski definition) is 6. The van der Waals surface area contributed by atoms with E-state index in [1.165, 1.54) is 24.1 Å². The summed E-state index contributed by atoms with van der Waals surface area (Å²) in [4.78, 5) is 39.8. The molecule has 1 N–H and O–H groups in total. The van der Waals surface area contributed by atoms with Gasteiger partial charge in [0.15, 0.2) is 0 Å². The van der Waals surface area contributed by atoms with Gasteiger partial charge in [0, 0.05) is 16.3 Å². The van der Waals surface area contributed by atoms with E-state index >= 15 is 0 Å². The fraction of sp³-hybridized carbons (Fsp3) is 0.148. The first-order chi connectivity index (χ1) is 16.8. The largest absolute Gasteiger partial charge is 0.507 e. The number of amides is 1. The highest BCUT2D eigenvalue weighted by Gasteiger charge is 2.47. The molecule has 0 saturated carbocycles. The summed E-state index contributed by atoms with van der Waals surface area (Å²) in [5.74, 6) is -1.83. The number of nitrogens with zero attached hydrogens (tertiary/aromatic N) is 1. The number of aliphatic hydroxyl groups is 1. The Morgan fingerprint density at radius 3 is 2.11 bits per heavy atom. The predicted octanol–water partition coefficient (Wildman–Crippen LogP) is 5.15. The van der Waals surface area contributed by atoms with Gasteiger partial charge in [-0.25, -0.2) is 4.79 Å². The standard InChI is InChI=1S/C27H22ClNO6/c1-3-35-27(33)18-6-12-20(13-7-18)29-23(16-8-14-21(34-2)15-9-16)22(25(31)26(29)32)24(30)17-4-10-19(28)11-5-17/h4-15,23,30H,3H2,1-2H3/t23-/m0/s1. The van der Waals surface area contributed by atoms with Gasteiger partial charge in [0.05, 0.1) is 30.9 Å². The third-order valence-corrected chi connectivity index (χ3v) is 5.90. The minimum atomic E-state index is -0.912. The molecule has 1 atom stereocenters. The van der Waals surface area contributed by atoms with Gasteiger partial charge in [-0.05, 0) is 73.2 Å². The van der Waals surface area contributed by atoms with Gasteiger partial charge in [-0.1, -0.05) is 23.7 Å². The van der Waals surface area contributed by atoms with Crippen LogP contribution in [0.2, 0.25) is 5.02 Å². The van der Waals surface area contributed by atoms with E-state index in [4.69, 9.17) is 21.1 Å². The zero-order valence-electron chi connectivity index (χ0n) is 19.0. The van der Waals surface area contributed by atoms with Gasteiger partial charge in [-0.3, -0.25) is 14.5 Å². The zero-order chi connectivity index (χ0) is 25.1. The summed E-state index contributed by atoms with van der Waals surface area (Å²) in [6.07, 6.45) is 0. The van der Waals surface area contributed by atoms with Gasteiger partial charge in [0.1, 0.15) is 11.5 Å². The quantitative estimate of drug-likeness (QED) is 0.222. The number of carbonyl (C=O) groups excluding carboxylic acids is 3. The summed E-state index contributed by atoms with van der Waals surface area (Å²) in [5.41, 5.74) is 1.58. The third-order valence-electron chi connectivity index (χ3n) is 5.65. The Labute approximate surface area is 207 Å². The van der Waals surface area contributed by atoms with Crippen LogP contribution in [0.25, 0.3) is 5.76 Å². The number of hydrogen-bond donors (Lipinski definition) is 1. The molecule has 8 heteroatoms. The summed E-state index contributed by atoms with van der Waals surface area (Å²) in [5, 5.41) is 11.6. The monoisotopic (exact) mass is 491 g/mol. The first-order valence-electron chi connectivity index (χ1n) is 10.8. The Balaban J connectivity index is 1.85. The summed E-state index contributed by atoms with van der Waals surface area (Å²) in [7, 11) is 1.53. The van der Waals surface area contributed by atoms with Gasteiger partial charge < -0.3 is 14.6 Å². The van der Waals surface area contributed by atoms with E-state index in [0.717, 1.165) is 0 Å². The molecular formula is C27H22ClNO6. The van der Waals surface area contributed by atoms with E-state index in [2.05, 4.69) is 0 Å². The minimum absolute atomic E-state index is 0.0584. The molecule has 0 radical (unpaired) electrons. The van der Waals surface area contributed by atoms with E-state index < -0.39 is 23.7 Å². The van der Waals surface area contributed by atoms with Gasteiger partial charge >= 0.3 is 5.97 Å². The number of Topliss-reactive ketones (excluding diaryl/α,β-unsaturated/α-hetero) is 1. The summed E-state index contributed by atoms with van der Waals surface area (Å²) < 4.78 is 10.2. The van der Waals surface area contributed by atoms with Crippen molar-refractivity contribution in [1.29, 1.82) is 0 Å². The SMILES string of the molecule is CCOC(=O)c1ccc(N2C(=O)C(=O)C(=C(O)c3ccc(Cl)cc3)[C@@H]2c2ccc(OC)cc2)cc1. The number of aliphatic hydroxyl groups excluding tert-OH is 1. The molecule has 0 aromatic heterocycles. The lowest BCUT2D eigenvalue weighted by molar-refractivity contribution is -0.132. The van der Waals surface area contributed by atoms with E-state index in [0.29, 0.717) is 33.1 Å². The summed E-state index contributed by atoms with van der Waals surface area (Å²) in [6.45, 7) is 1.94. The average Bonchev–Trinajstić information content (AvgIpc) is 3.14. The number of benzene rings is 3. The summed E-state index contributed by atoms with van der Waals surface area (Å²) in [6, 6.07) is 18.5. The molecule has 1 fully saturated rings. The molecule has 35 heavy (non-hydrogen) atoms. The first kappa shape index (κ1) is 24.0. The molecule has 0 unspecified atom stereocenters. The Hall–Kier alpha value is -4.10. The molecule has 1 amide bonds. The van der Waals surface area contributed by atoms with Crippen molar-refractivity contribution in [2.45, 2.75) is 13.0 Å². The fourth-order valence-corrected chi connectivity index (χ4v) is 4.06. The molecule has 1 saturated heterocycles. The number of rotatable bonds is 6. The van der Waals surface area contributed by atoms with Crippen molar-refractivity contribution in [2.24, 2.45) is 0 Å². The van der Waals surface area contributed by atoms with E-state index in [-0.39, 0.29) is 17.9 Å². The molecule has 0 aliphatic carbocycles. The van der Waals surface area contributed by atoms with Crippen molar-refractivity contribution in [1.82, 2.24) is 0 Å². The second-order valence-corrected chi connectivity index (χ2v) is 8.15. The van der Waals surface area contributed by atoms with Crippen LogP contribution in [0.4, 0.5) is 5.69 Å². The Morgan fingerprint density at radius 1 is 0.943 bits per heavy atom. The van der Waals surface area contributed by atoms with Crippen LogP contribution in [-0.4, -0.2) is 36.5 Å². The van der Waals surface area contributed by atoms with Gasteiger partial charge in [-0.2, -0.15) is 0 Å². The third kappa shape index (κ3) is 4.63.